The third-order valence-corrected chi connectivity index (χ3v) is 6.88. The first kappa shape index (κ1) is 20.8. The Balaban J connectivity index is 1.34. The Labute approximate surface area is 189 Å². The first-order valence-electron chi connectivity index (χ1n) is 11.1. The third kappa shape index (κ3) is 4.45. The molecule has 0 amide bonds. The number of fused-ring (bicyclic) bond motifs is 1. The molecule has 0 aliphatic carbocycles. The van der Waals surface area contributed by atoms with Crippen LogP contribution >= 0.6 is 0 Å². The lowest BCUT2D eigenvalue weighted by Gasteiger charge is -2.26. The summed E-state index contributed by atoms with van der Waals surface area (Å²) < 4.78 is 24.4. The predicted octanol–water partition coefficient (Wildman–Crippen LogP) is 4.06. The molecule has 32 heavy (non-hydrogen) atoms. The van der Waals surface area contributed by atoms with Gasteiger partial charge in [-0.15, -0.1) is 0 Å². The van der Waals surface area contributed by atoms with Crippen LogP contribution in [0.4, 0.5) is 0 Å². The van der Waals surface area contributed by atoms with E-state index in [1.807, 2.05) is 18.5 Å². The topological polar surface area (TPSA) is 67.6 Å². The van der Waals surface area contributed by atoms with E-state index >= 15 is 0 Å². The zero-order valence-corrected chi connectivity index (χ0v) is 18.7. The van der Waals surface area contributed by atoms with Gasteiger partial charge in [0.05, 0.1) is 11.1 Å². The van der Waals surface area contributed by atoms with E-state index in [-0.39, 0.29) is 4.90 Å². The van der Waals surface area contributed by atoms with Crippen molar-refractivity contribution in [3.63, 3.8) is 0 Å². The van der Waals surface area contributed by atoms with Crippen LogP contribution in [-0.2, 0) is 17.1 Å². The lowest BCUT2D eigenvalue weighted by atomic mass is 10.0. The molecule has 0 spiro atoms. The number of piperidine rings is 1. The quantitative estimate of drug-likeness (QED) is 0.453. The maximum absolute atomic E-state index is 11.3. The van der Waals surface area contributed by atoms with Gasteiger partial charge in [0.2, 0.25) is 0 Å². The summed E-state index contributed by atoms with van der Waals surface area (Å²) in [5.41, 5.74) is 5.74. The molecule has 7 heteroatoms. The van der Waals surface area contributed by atoms with Crippen molar-refractivity contribution in [2.24, 2.45) is 0 Å². The van der Waals surface area contributed by atoms with Crippen molar-refractivity contribution in [1.29, 1.82) is 0 Å². The van der Waals surface area contributed by atoms with Crippen molar-refractivity contribution in [2.45, 2.75) is 30.6 Å². The zero-order valence-electron chi connectivity index (χ0n) is 17.9. The highest BCUT2D eigenvalue weighted by molar-refractivity contribution is 7.72. The molecule has 5 rings (SSSR count). The Hall–Kier alpha value is -3.03. The molecule has 2 aromatic heterocycles. The van der Waals surface area contributed by atoms with Gasteiger partial charge in [0.1, 0.15) is 0 Å². The van der Waals surface area contributed by atoms with E-state index in [1.165, 1.54) is 37.9 Å². The fraction of sp³-hybridized carbons (Fsp3) is 0.280. The fourth-order valence-electron chi connectivity index (χ4n) is 4.35. The van der Waals surface area contributed by atoms with E-state index in [0.29, 0.717) is 5.65 Å². The van der Waals surface area contributed by atoms with Crippen LogP contribution in [0.3, 0.4) is 0 Å². The van der Waals surface area contributed by atoms with Crippen molar-refractivity contribution in [3.05, 3.63) is 72.7 Å². The number of rotatable bonds is 6. The molecular formula is C25H26N4O2S. The van der Waals surface area contributed by atoms with E-state index in [0.717, 1.165) is 35.2 Å². The molecule has 4 aromatic rings. The second-order valence-electron chi connectivity index (χ2n) is 8.33. The van der Waals surface area contributed by atoms with E-state index in [9.17, 15) is 8.42 Å². The van der Waals surface area contributed by atoms with Gasteiger partial charge in [-0.3, -0.25) is 0 Å². The number of likely N-dealkylation sites (tertiary alicyclic amines) is 1. The lowest BCUT2D eigenvalue weighted by molar-refractivity contribution is 0.231. The van der Waals surface area contributed by atoms with Gasteiger partial charge in [0, 0.05) is 30.1 Å². The Morgan fingerprint density at radius 1 is 0.875 bits per heavy atom. The number of benzene rings is 2. The summed E-state index contributed by atoms with van der Waals surface area (Å²) in [6.07, 6.45) is 10.6. The highest BCUT2D eigenvalue weighted by atomic mass is 32.2. The number of thiol groups is 1. The molecule has 1 fully saturated rings. The van der Waals surface area contributed by atoms with Crippen molar-refractivity contribution >= 4 is 16.4 Å². The molecule has 1 aliphatic heterocycles. The number of hydrogen-bond acceptors (Lipinski definition) is 5. The fourth-order valence-corrected chi connectivity index (χ4v) is 4.80. The summed E-state index contributed by atoms with van der Waals surface area (Å²) >= 11 is 0. The lowest BCUT2D eigenvalue weighted by Crippen LogP contribution is -2.31. The normalized spacial score (nSPS) is 14.9. The molecule has 3 heterocycles. The molecule has 164 valence electrons. The first-order chi connectivity index (χ1) is 15.7. The Kier molecular flexibility index (Phi) is 6.01. The Morgan fingerprint density at radius 3 is 2.47 bits per heavy atom. The van der Waals surface area contributed by atoms with Crippen molar-refractivity contribution in [3.8, 4) is 22.3 Å². The number of hydrogen-bond donors (Lipinski definition) is 1. The van der Waals surface area contributed by atoms with Gasteiger partial charge < -0.3 is 4.90 Å². The second-order valence-corrected chi connectivity index (χ2v) is 9.36. The molecular weight excluding hydrogens is 420 g/mol. The average Bonchev–Trinajstić information content (AvgIpc) is 3.27. The largest absolute Gasteiger partial charge is 0.303 e. The van der Waals surface area contributed by atoms with Gasteiger partial charge in [0.15, 0.2) is 16.4 Å². The third-order valence-electron chi connectivity index (χ3n) is 6.18. The van der Waals surface area contributed by atoms with Crippen LogP contribution in [0.15, 0.2) is 72.0 Å². The smallest absolute Gasteiger partial charge is 0.168 e. The first-order valence-corrected chi connectivity index (χ1v) is 12.2. The summed E-state index contributed by atoms with van der Waals surface area (Å²) in [6, 6.07) is 15.5. The van der Waals surface area contributed by atoms with Gasteiger partial charge in [-0.25, -0.2) is 17.9 Å². The van der Waals surface area contributed by atoms with Crippen LogP contribution in [0.2, 0.25) is 0 Å². The molecule has 2 aromatic carbocycles. The minimum absolute atomic E-state index is 0.286. The van der Waals surface area contributed by atoms with Gasteiger partial charge in [-0.2, -0.15) is 5.10 Å². The summed E-state index contributed by atoms with van der Waals surface area (Å²) in [6.45, 7) is 3.59. The van der Waals surface area contributed by atoms with Crippen LogP contribution in [-0.4, -0.2) is 47.6 Å². The molecule has 0 atom stereocenters. The van der Waals surface area contributed by atoms with Crippen LogP contribution in [0.5, 0.6) is 0 Å². The summed E-state index contributed by atoms with van der Waals surface area (Å²) in [4.78, 5) is 7.48. The van der Waals surface area contributed by atoms with Crippen molar-refractivity contribution in [2.75, 3.05) is 19.6 Å². The monoisotopic (exact) mass is 446 g/mol. The average molecular weight is 447 g/mol. The summed E-state index contributed by atoms with van der Waals surface area (Å²) in [7, 11) is -2.63. The highest BCUT2D eigenvalue weighted by Crippen LogP contribution is 2.27. The van der Waals surface area contributed by atoms with Gasteiger partial charge >= 0.3 is 0 Å². The SMILES string of the molecule is O=[SH](=O)c1cccc(-c2cnn3cc(-c4ccc(CCN5CCCCC5)cc4)cnc23)c1. The van der Waals surface area contributed by atoms with Crippen LogP contribution in [0, 0.1) is 0 Å². The maximum atomic E-state index is 11.3. The molecule has 0 N–H and O–H groups in total. The van der Waals surface area contributed by atoms with Crippen LogP contribution < -0.4 is 0 Å². The molecule has 0 saturated carbocycles. The summed E-state index contributed by atoms with van der Waals surface area (Å²) in [5.74, 6) is 0. The van der Waals surface area contributed by atoms with E-state index in [2.05, 4.69) is 39.2 Å². The van der Waals surface area contributed by atoms with Crippen LogP contribution in [0.1, 0.15) is 24.8 Å². The number of aromatic nitrogens is 3. The second kappa shape index (κ2) is 9.22. The summed E-state index contributed by atoms with van der Waals surface area (Å²) in [5, 5.41) is 4.45. The maximum Gasteiger partial charge on any atom is 0.168 e. The van der Waals surface area contributed by atoms with E-state index < -0.39 is 10.7 Å². The molecule has 1 aliphatic rings. The van der Waals surface area contributed by atoms with Crippen molar-refractivity contribution in [1.82, 2.24) is 19.5 Å². The molecule has 6 nitrogen and oxygen atoms in total. The number of nitrogens with zero attached hydrogens (tertiary/aromatic N) is 4. The highest BCUT2D eigenvalue weighted by Gasteiger charge is 2.12. The Morgan fingerprint density at radius 2 is 1.69 bits per heavy atom. The van der Waals surface area contributed by atoms with E-state index in [1.54, 1.807) is 28.9 Å². The zero-order chi connectivity index (χ0) is 21.9. The Bertz CT molecular complexity index is 1300. The van der Waals surface area contributed by atoms with E-state index in [4.69, 9.17) is 0 Å². The van der Waals surface area contributed by atoms with Crippen molar-refractivity contribution < 1.29 is 8.42 Å². The van der Waals surface area contributed by atoms with Gasteiger partial charge in [-0.05, 0) is 61.2 Å². The van der Waals surface area contributed by atoms with Gasteiger partial charge in [0.25, 0.3) is 0 Å². The standard InChI is InChI=1S/C25H26N4O2S/c30-32(31)23-6-4-5-21(15-23)24-17-27-29-18-22(16-26-25(24)29)20-9-7-19(8-10-20)11-14-28-12-2-1-3-13-28/h4-10,15-18,32H,1-3,11-14H2. The predicted molar refractivity (Wildman–Crippen MR) is 126 cm³/mol. The van der Waals surface area contributed by atoms with Gasteiger partial charge in [-0.1, -0.05) is 42.8 Å². The minimum atomic E-state index is -2.63. The van der Waals surface area contributed by atoms with Crippen LogP contribution in [0.25, 0.3) is 27.9 Å². The molecule has 0 unspecified atom stereocenters. The minimum Gasteiger partial charge on any atom is -0.303 e. The molecule has 0 bridgehead atoms. The molecule has 0 radical (unpaired) electrons. The molecule has 1 saturated heterocycles.